The first-order chi connectivity index (χ1) is 9.98. The number of rotatable bonds is 7. The van der Waals surface area contributed by atoms with E-state index in [0.29, 0.717) is 5.76 Å². The minimum absolute atomic E-state index is 0.0352. The third kappa shape index (κ3) is 5.00. The van der Waals surface area contributed by atoms with Gasteiger partial charge in [0.2, 0.25) is 10.0 Å². The number of sulfonamides is 1. The number of hydrogen-bond acceptors (Lipinski definition) is 4. The van der Waals surface area contributed by atoms with Crippen LogP contribution >= 0.6 is 0 Å². The van der Waals surface area contributed by atoms with Crippen molar-refractivity contribution in [3.63, 3.8) is 0 Å². The predicted molar refractivity (Wildman–Crippen MR) is 82.1 cm³/mol. The number of aryl methyl sites for hydroxylation is 1. The maximum absolute atomic E-state index is 12.0. The Labute approximate surface area is 125 Å². The fraction of sp³-hybridized carbons (Fsp3) is 0.333. The Hall–Kier alpha value is -1.63. The van der Waals surface area contributed by atoms with Gasteiger partial charge in [0.15, 0.2) is 0 Å². The monoisotopic (exact) mass is 308 g/mol. The lowest BCUT2D eigenvalue weighted by Gasteiger charge is -2.06. The first-order valence-electron chi connectivity index (χ1n) is 6.73. The number of nitrogens with one attached hydrogen (secondary N) is 2. The summed E-state index contributed by atoms with van der Waals surface area (Å²) < 4.78 is 31.9. The molecule has 2 rings (SSSR count). The molecule has 5 nitrogen and oxygen atoms in total. The zero-order valence-corrected chi connectivity index (χ0v) is 13.0. The molecule has 0 saturated carbocycles. The quantitative estimate of drug-likeness (QED) is 0.820. The highest BCUT2D eigenvalue weighted by atomic mass is 32.2. The van der Waals surface area contributed by atoms with Crippen LogP contribution in [-0.4, -0.2) is 15.5 Å². The molecule has 0 unspecified atom stereocenters. The van der Waals surface area contributed by atoms with Gasteiger partial charge in [0.25, 0.3) is 0 Å². The number of furan rings is 1. The Balaban J connectivity index is 1.93. The average Bonchev–Trinajstić information content (AvgIpc) is 2.85. The van der Waals surface area contributed by atoms with Crippen molar-refractivity contribution in [2.75, 3.05) is 7.05 Å². The van der Waals surface area contributed by atoms with Crippen molar-refractivity contribution in [3.8, 4) is 0 Å². The molecule has 0 spiro atoms. The molecule has 1 heterocycles. The van der Waals surface area contributed by atoms with Gasteiger partial charge in [0.1, 0.15) is 11.5 Å². The van der Waals surface area contributed by atoms with Crippen molar-refractivity contribution in [1.29, 1.82) is 0 Å². The summed E-state index contributed by atoms with van der Waals surface area (Å²) in [6.07, 6.45) is 0. The first-order valence-corrected chi connectivity index (χ1v) is 8.39. The van der Waals surface area contributed by atoms with Gasteiger partial charge in [0.05, 0.1) is 12.3 Å². The van der Waals surface area contributed by atoms with Gasteiger partial charge in [-0.1, -0.05) is 24.3 Å². The van der Waals surface area contributed by atoms with Crippen molar-refractivity contribution in [1.82, 2.24) is 10.0 Å². The topological polar surface area (TPSA) is 71.3 Å². The average molecular weight is 308 g/mol. The van der Waals surface area contributed by atoms with E-state index < -0.39 is 10.0 Å². The van der Waals surface area contributed by atoms with Gasteiger partial charge in [-0.15, -0.1) is 0 Å². The maximum Gasteiger partial charge on any atom is 0.216 e. The van der Waals surface area contributed by atoms with E-state index in [1.807, 2.05) is 44.3 Å². The molecule has 0 fully saturated rings. The maximum atomic E-state index is 12.0. The lowest BCUT2D eigenvalue weighted by Crippen LogP contribution is -2.24. The fourth-order valence-electron chi connectivity index (χ4n) is 1.99. The van der Waals surface area contributed by atoms with Crippen LogP contribution in [0.15, 0.2) is 40.8 Å². The highest BCUT2D eigenvalue weighted by Crippen LogP contribution is 2.10. The third-order valence-electron chi connectivity index (χ3n) is 3.02. The highest BCUT2D eigenvalue weighted by Gasteiger charge is 2.12. The molecule has 0 saturated heterocycles. The molecular formula is C15H20N2O3S. The van der Waals surface area contributed by atoms with Crippen LogP contribution in [0.4, 0.5) is 0 Å². The van der Waals surface area contributed by atoms with E-state index in [2.05, 4.69) is 10.0 Å². The van der Waals surface area contributed by atoms with E-state index in [1.165, 1.54) is 0 Å². The molecule has 6 heteroatoms. The summed E-state index contributed by atoms with van der Waals surface area (Å²) in [4.78, 5) is 0. The Morgan fingerprint density at radius 1 is 1.00 bits per heavy atom. The van der Waals surface area contributed by atoms with Gasteiger partial charge < -0.3 is 9.73 Å². The number of hydrogen-bond donors (Lipinski definition) is 2. The second-order valence-corrected chi connectivity index (χ2v) is 6.75. The summed E-state index contributed by atoms with van der Waals surface area (Å²) in [5, 5.41) is 3.05. The lowest BCUT2D eigenvalue weighted by atomic mass is 10.1. The van der Waals surface area contributed by atoms with Gasteiger partial charge in [-0.25, -0.2) is 13.1 Å². The first kappa shape index (κ1) is 15.8. The molecular weight excluding hydrogens is 288 g/mol. The second-order valence-electron chi connectivity index (χ2n) is 4.94. The minimum atomic E-state index is -3.37. The molecule has 0 aliphatic rings. The van der Waals surface area contributed by atoms with E-state index in [9.17, 15) is 8.42 Å². The van der Waals surface area contributed by atoms with Crippen LogP contribution in [0.5, 0.6) is 0 Å². The van der Waals surface area contributed by atoms with E-state index in [1.54, 1.807) is 6.07 Å². The Morgan fingerprint density at radius 3 is 2.24 bits per heavy atom. The second kappa shape index (κ2) is 6.89. The van der Waals surface area contributed by atoms with Crippen LogP contribution in [0.1, 0.15) is 22.6 Å². The molecule has 2 aromatic rings. The van der Waals surface area contributed by atoms with Crippen molar-refractivity contribution in [3.05, 3.63) is 59.0 Å². The summed E-state index contributed by atoms with van der Waals surface area (Å²) in [5.74, 6) is 1.34. The van der Waals surface area contributed by atoms with Crippen LogP contribution in [0.25, 0.3) is 0 Å². The SMILES string of the molecule is CNCc1ccc(CS(=O)(=O)NCc2ccc(C)o2)cc1. The van der Waals surface area contributed by atoms with Crippen LogP contribution in [0, 0.1) is 6.92 Å². The molecule has 1 aromatic carbocycles. The summed E-state index contributed by atoms with van der Waals surface area (Å²) in [7, 11) is -1.50. The standard InChI is InChI=1S/C15H20N2O3S/c1-12-3-8-15(20-12)10-17-21(18,19)11-14-6-4-13(5-7-14)9-16-2/h3-8,16-17H,9-11H2,1-2H3. The van der Waals surface area contributed by atoms with Crippen LogP contribution in [0.3, 0.4) is 0 Å². The van der Waals surface area contributed by atoms with Gasteiger partial charge in [-0.05, 0) is 37.2 Å². The highest BCUT2D eigenvalue weighted by molar-refractivity contribution is 7.88. The molecule has 0 aliphatic carbocycles. The smallest absolute Gasteiger partial charge is 0.216 e. The Morgan fingerprint density at radius 2 is 1.67 bits per heavy atom. The molecule has 114 valence electrons. The van der Waals surface area contributed by atoms with Crippen LogP contribution in [0.2, 0.25) is 0 Å². The summed E-state index contributed by atoms with van der Waals surface area (Å²) in [6, 6.07) is 11.1. The molecule has 2 N–H and O–H groups in total. The normalized spacial score (nSPS) is 11.7. The zero-order chi connectivity index (χ0) is 15.3. The van der Waals surface area contributed by atoms with E-state index >= 15 is 0 Å². The Kier molecular flexibility index (Phi) is 5.17. The largest absolute Gasteiger partial charge is 0.465 e. The third-order valence-corrected chi connectivity index (χ3v) is 4.32. The Bertz CT molecular complexity index is 675. The number of benzene rings is 1. The zero-order valence-electron chi connectivity index (χ0n) is 12.2. The van der Waals surface area contributed by atoms with E-state index in [-0.39, 0.29) is 12.3 Å². The fourth-order valence-corrected chi connectivity index (χ4v) is 3.08. The molecule has 0 aliphatic heterocycles. The van der Waals surface area contributed by atoms with E-state index in [4.69, 9.17) is 4.42 Å². The molecule has 21 heavy (non-hydrogen) atoms. The lowest BCUT2D eigenvalue weighted by molar-refractivity contribution is 0.475. The van der Waals surface area contributed by atoms with Gasteiger partial charge >= 0.3 is 0 Å². The van der Waals surface area contributed by atoms with Crippen molar-refractivity contribution >= 4 is 10.0 Å². The van der Waals surface area contributed by atoms with Gasteiger partial charge in [0, 0.05) is 6.54 Å². The van der Waals surface area contributed by atoms with Gasteiger partial charge in [-0.3, -0.25) is 0 Å². The van der Waals surface area contributed by atoms with Crippen LogP contribution < -0.4 is 10.0 Å². The predicted octanol–water partition coefficient (Wildman–Crippen LogP) is 1.93. The molecule has 1 aromatic heterocycles. The van der Waals surface area contributed by atoms with Crippen molar-refractivity contribution in [2.24, 2.45) is 0 Å². The molecule has 0 atom stereocenters. The molecule has 0 radical (unpaired) electrons. The minimum Gasteiger partial charge on any atom is -0.465 e. The molecule has 0 bridgehead atoms. The summed E-state index contributed by atoms with van der Waals surface area (Å²) in [5.41, 5.74) is 1.88. The van der Waals surface area contributed by atoms with E-state index in [0.717, 1.165) is 23.4 Å². The summed E-state index contributed by atoms with van der Waals surface area (Å²) in [6.45, 7) is 2.77. The van der Waals surface area contributed by atoms with Crippen molar-refractivity contribution in [2.45, 2.75) is 25.8 Å². The molecule has 0 amide bonds. The van der Waals surface area contributed by atoms with Crippen LogP contribution in [-0.2, 0) is 28.9 Å². The van der Waals surface area contributed by atoms with Crippen molar-refractivity contribution < 1.29 is 12.8 Å². The summed E-state index contributed by atoms with van der Waals surface area (Å²) >= 11 is 0. The van der Waals surface area contributed by atoms with Gasteiger partial charge in [-0.2, -0.15) is 0 Å².